The summed E-state index contributed by atoms with van der Waals surface area (Å²) in [5, 5.41) is 0.0718. The first-order chi connectivity index (χ1) is 15.6. The molecule has 0 saturated carbocycles. The van der Waals surface area contributed by atoms with Crippen molar-refractivity contribution >= 4 is 22.9 Å². The lowest BCUT2D eigenvalue weighted by molar-refractivity contribution is 0.187. The number of aromatic nitrogens is 4. The van der Waals surface area contributed by atoms with E-state index in [1.807, 2.05) is 23.0 Å². The fraction of sp³-hybridized carbons (Fsp3) is 0.292. The highest BCUT2D eigenvalue weighted by molar-refractivity contribution is 6.33. The van der Waals surface area contributed by atoms with Gasteiger partial charge in [-0.1, -0.05) is 17.7 Å². The van der Waals surface area contributed by atoms with Crippen LogP contribution >= 0.6 is 11.6 Å². The number of rotatable bonds is 2. The van der Waals surface area contributed by atoms with Crippen LogP contribution in [-0.4, -0.2) is 32.4 Å². The van der Waals surface area contributed by atoms with E-state index in [9.17, 15) is 4.39 Å². The third kappa shape index (κ3) is 2.84. The highest BCUT2D eigenvalue weighted by Gasteiger charge is 2.46. The molecule has 6 nitrogen and oxygen atoms in total. The van der Waals surface area contributed by atoms with Gasteiger partial charge in [0.1, 0.15) is 17.2 Å². The fourth-order valence-electron chi connectivity index (χ4n) is 5.39. The van der Waals surface area contributed by atoms with Gasteiger partial charge in [0.25, 0.3) is 0 Å². The largest absolute Gasteiger partial charge is 0.355 e. The van der Waals surface area contributed by atoms with Gasteiger partial charge in [-0.15, -0.1) is 0 Å². The molecule has 1 fully saturated rings. The van der Waals surface area contributed by atoms with Crippen LogP contribution in [0.3, 0.4) is 0 Å². The van der Waals surface area contributed by atoms with Crippen LogP contribution in [-0.2, 0) is 6.42 Å². The van der Waals surface area contributed by atoms with Crippen molar-refractivity contribution in [1.29, 1.82) is 0 Å². The van der Waals surface area contributed by atoms with Crippen molar-refractivity contribution in [2.45, 2.75) is 25.3 Å². The van der Waals surface area contributed by atoms with Crippen molar-refractivity contribution in [2.75, 3.05) is 18.0 Å². The lowest BCUT2D eigenvalue weighted by atomic mass is 9.73. The number of halogens is 2. The molecule has 1 saturated heterocycles. The van der Waals surface area contributed by atoms with Crippen molar-refractivity contribution in [2.24, 2.45) is 11.1 Å². The molecule has 6 rings (SSSR count). The molecule has 0 amide bonds. The maximum absolute atomic E-state index is 14.0. The molecule has 1 aliphatic carbocycles. The number of nitrogens with zero attached hydrogens (tertiary/aromatic N) is 5. The van der Waals surface area contributed by atoms with Gasteiger partial charge in [0.15, 0.2) is 5.82 Å². The number of piperidine rings is 1. The minimum absolute atomic E-state index is 0.0445. The molecule has 32 heavy (non-hydrogen) atoms. The van der Waals surface area contributed by atoms with Gasteiger partial charge in [-0.2, -0.15) is 0 Å². The molecule has 4 heterocycles. The minimum atomic E-state index is -0.458. The summed E-state index contributed by atoms with van der Waals surface area (Å²) >= 11 is 6.22. The van der Waals surface area contributed by atoms with Crippen LogP contribution in [0.4, 0.5) is 10.2 Å². The van der Waals surface area contributed by atoms with Crippen molar-refractivity contribution in [1.82, 2.24) is 19.4 Å². The standard InChI is InChI=1S/C24H22ClFN6/c25-20-17(2-1-3-18(20)26)22-30-14-19-23(29-8-11-32(19)22)31-9-5-24(6-10-31)12-15-13-28-7-4-16(15)21(24)27/h1-4,7-8,11,13-14,21H,5-6,9-10,12,27H2. The number of hydrogen-bond acceptors (Lipinski definition) is 5. The predicted molar refractivity (Wildman–Crippen MR) is 122 cm³/mol. The molecular weight excluding hydrogens is 427 g/mol. The second kappa shape index (κ2) is 7.25. The summed E-state index contributed by atoms with van der Waals surface area (Å²) < 4.78 is 15.9. The Morgan fingerprint density at radius 2 is 1.94 bits per heavy atom. The van der Waals surface area contributed by atoms with Crippen LogP contribution in [0.2, 0.25) is 5.02 Å². The quantitative estimate of drug-likeness (QED) is 0.491. The van der Waals surface area contributed by atoms with E-state index in [-0.39, 0.29) is 16.5 Å². The molecule has 4 aromatic rings. The zero-order valence-electron chi connectivity index (χ0n) is 17.4. The average molecular weight is 449 g/mol. The summed E-state index contributed by atoms with van der Waals surface area (Å²) in [6.07, 6.45) is 12.1. The highest BCUT2D eigenvalue weighted by atomic mass is 35.5. The molecule has 8 heteroatoms. The van der Waals surface area contributed by atoms with Gasteiger partial charge in [0.2, 0.25) is 0 Å². The number of benzene rings is 1. The van der Waals surface area contributed by atoms with Crippen LogP contribution in [0.15, 0.2) is 55.2 Å². The first-order valence-corrected chi connectivity index (χ1v) is 11.1. The number of fused-ring (bicyclic) bond motifs is 2. The summed E-state index contributed by atoms with van der Waals surface area (Å²) in [4.78, 5) is 15.8. The summed E-state index contributed by atoms with van der Waals surface area (Å²) in [6.45, 7) is 1.73. The zero-order valence-corrected chi connectivity index (χ0v) is 18.1. The van der Waals surface area contributed by atoms with Crippen LogP contribution in [0.1, 0.15) is 30.0 Å². The molecule has 0 bridgehead atoms. The van der Waals surface area contributed by atoms with Crippen LogP contribution in [0.5, 0.6) is 0 Å². The van der Waals surface area contributed by atoms with E-state index in [1.165, 1.54) is 17.2 Å². The first kappa shape index (κ1) is 19.6. The van der Waals surface area contributed by atoms with Gasteiger partial charge in [0.05, 0.1) is 11.2 Å². The van der Waals surface area contributed by atoms with E-state index >= 15 is 0 Å². The highest BCUT2D eigenvalue weighted by Crippen LogP contribution is 2.50. The van der Waals surface area contributed by atoms with Gasteiger partial charge < -0.3 is 10.6 Å². The van der Waals surface area contributed by atoms with Crippen molar-refractivity contribution < 1.29 is 4.39 Å². The SMILES string of the molecule is NC1c2ccncc2CC12CCN(c1nccn3c(-c4cccc(F)c4Cl)ncc13)CC2. The van der Waals surface area contributed by atoms with E-state index in [0.717, 1.165) is 43.7 Å². The Balaban J connectivity index is 1.31. The normalized spacial score (nSPS) is 19.6. The predicted octanol–water partition coefficient (Wildman–Crippen LogP) is 4.43. The van der Waals surface area contributed by atoms with E-state index in [0.29, 0.717) is 11.4 Å². The number of imidazole rings is 1. The third-order valence-electron chi connectivity index (χ3n) is 7.17. The molecule has 1 aliphatic heterocycles. The van der Waals surface area contributed by atoms with Gasteiger partial charge in [-0.05, 0) is 54.0 Å². The average Bonchev–Trinajstić information content (AvgIpc) is 3.36. The van der Waals surface area contributed by atoms with Gasteiger partial charge in [-0.25, -0.2) is 14.4 Å². The molecule has 2 N–H and O–H groups in total. The smallest absolute Gasteiger partial charge is 0.154 e. The van der Waals surface area contributed by atoms with E-state index in [1.54, 1.807) is 24.5 Å². The summed E-state index contributed by atoms with van der Waals surface area (Å²) in [7, 11) is 0. The van der Waals surface area contributed by atoms with E-state index < -0.39 is 5.82 Å². The molecule has 162 valence electrons. The Morgan fingerprint density at radius 3 is 2.75 bits per heavy atom. The number of nitrogens with two attached hydrogens (primary N) is 1. The van der Waals surface area contributed by atoms with E-state index in [4.69, 9.17) is 17.3 Å². The minimum Gasteiger partial charge on any atom is -0.355 e. The Kier molecular flexibility index (Phi) is 4.45. The fourth-order valence-corrected chi connectivity index (χ4v) is 5.60. The molecule has 1 unspecified atom stereocenters. The Hall–Kier alpha value is -3.03. The van der Waals surface area contributed by atoms with Gasteiger partial charge >= 0.3 is 0 Å². The van der Waals surface area contributed by atoms with Crippen LogP contribution in [0.25, 0.3) is 16.9 Å². The monoisotopic (exact) mass is 448 g/mol. The molecule has 2 aliphatic rings. The molecule has 1 aromatic carbocycles. The van der Waals surface area contributed by atoms with Crippen LogP contribution in [0, 0.1) is 11.2 Å². The van der Waals surface area contributed by atoms with Gasteiger partial charge in [-0.3, -0.25) is 9.38 Å². The Bertz CT molecular complexity index is 1330. The summed E-state index contributed by atoms with van der Waals surface area (Å²) in [5.41, 5.74) is 10.7. The lowest BCUT2D eigenvalue weighted by Crippen LogP contribution is -2.44. The van der Waals surface area contributed by atoms with E-state index in [2.05, 4.69) is 25.9 Å². The molecule has 0 radical (unpaired) electrons. The van der Waals surface area contributed by atoms with Crippen LogP contribution < -0.4 is 10.6 Å². The lowest BCUT2D eigenvalue weighted by Gasteiger charge is -2.42. The summed E-state index contributed by atoms with van der Waals surface area (Å²) in [6, 6.07) is 6.87. The summed E-state index contributed by atoms with van der Waals surface area (Å²) in [5.74, 6) is 1.02. The maximum Gasteiger partial charge on any atom is 0.154 e. The van der Waals surface area contributed by atoms with Crippen molar-refractivity contribution in [3.05, 3.63) is 77.2 Å². The van der Waals surface area contributed by atoms with Crippen molar-refractivity contribution in [3.8, 4) is 11.4 Å². The van der Waals surface area contributed by atoms with Crippen molar-refractivity contribution in [3.63, 3.8) is 0 Å². The molecule has 1 atom stereocenters. The number of pyridine rings is 1. The molecule has 3 aromatic heterocycles. The first-order valence-electron chi connectivity index (χ1n) is 10.8. The topological polar surface area (TPSA) is 72.3 Å². The second-order valence-electron chi connectivity index (χ2n) is 8.77. The number of hydrogen-bond donors (Lipinski definition) is 1. The second-order valence-corrected chi connectivity index (χ2v) is 9.15. The van der Waals surface area contributed by atoms with Gasteiger partial charge in [0, 0.05) is 49.5 Å². The third-order valence-corrected chi connectivity index (χ3v) is 7.55. The number of anilines is 1. The molecular formula is C24H22ClFN6. The maximum atomic E-state index is 14.0. The Morgan fingerprint density at radius 1 is 1.09 bits per heavy atom. The Labute approximate surface area is 189 Å². The zero-order chi connectivity index (χ0) is 21.9. The molecule has 1 spiro atoms.